The molecule has 0 saturated heterocycles. The van der Waals surface area contributed by atoms with Gasteiger partial charge in [-0.05, 0) is 40.0 Å². The molecule has 0 aromatic heterocycles. The van der Waals surface area contributed by atoms with Gasteiger partial charge in [-0.2, -0.15) is 0 Å². The molecule has 0 aliphatic rings. The Balaban J connectivity index is 5.20. The molecule has 4 heteroatoms. The Bertz CT molecular complexity index is 384. The summed E-state index contributed by atoms with van der Waals surface area (Å²) >= 11 is 0. The highest BCUT2D eigenvalue weighted by Gasteiger charge is 2.55. The van der Waals surface area contributed by atoms with Crippen molar-refractivity contribution in [1.29, 1.82) is 0 Å². The first-order chi connectivity index (χ1) is 16.1. The monoisotopic (exact) mass is 472 g/mol. The molecule has 0 saturated carbocycles. The first kappa shape index (κ1) is 32.8. The van der Waals surface area contributed by atoms with E-state index in [1.54, 1.807) is 0 Å². The lowest BCUT2D eigenvalue weighted by Gasteiger charge is -2.48. The molecule has 0 aliphatic heterocycles. The lowest BCUT2D eigenvalue weighted by Crippen LogP contribution is -2.61. The summed E-state index contributed by atoms with van der Waals surface area (Å²) in [5.41, 5.74) is -0.560. The summed E-state index contributed by atoms with van der Waals surface area (Å²) in [6.45, 7) is 15.2. The zero-order valence-corrected chi connectivity index (χ0v) is 23.5. The summed E-state index contributed by atoms with van der Waals surface area (Å²) < 4.78 is 25.7. The van der Waals surface area contributed by atoms with Crippen LogP contribution in [0.15, 0.2) is 0 Å². The molecule has 0 rings (SSSR count). The molecule has 1 atom stereocenters. The maximum Gasteiger partial charge on any atom is 0.313 e. The van der Waals surface area contributed by atoms with E-state index >= 15 is 0 Å². The van der Waals surface area contributed by atoms with E-state index in [0.717, 1.165) is 38.7 Å². The van der Waals surface area contributed by atoms with E-state index in [-0.39, 0.29) is 0 Å². The fraction of sp³-hybridized carbons (Fsp3) is 1.00. The van der Waals surface area contributed by atoms with Gasteiger partial charge in [0.2, 0.25) is 0 Å². The molecular weight excluding hydrogens is 412 g/mol. The predicted molar refractivity (Wildman–Crippen MR) is 142 cm³/mol. The third-order valence-electron chi connectivity index (χ3n) is 6.53. The van der Waals surface area contributed by atoms with Gasteiger partial charge in [0.05, 0.1) is 0 Å². The van der Waals surface area contributed by atoms with E-state index < -0.39 is 11.6 Å². The van der Waals surface area contributed by atoms with E-state index in [1.807, 2.05) is 20.8 Å². The van der Waals surface area contributed by atoms with E-state index in [2.05, 4.69) is 20.8 Å². The number of hydrogen-bond donors (Lipinski definition) is 0. The number of unbranched alkanes of at least 4 members (excludes halogenated alkanes) is 12. The smallest absolute Gasteiger partial charge is 0.313 e. The maximum absolute atomic E-state index is 6.79. The van der Waals surface area contributed by atoms with Crippen LogP contribution in [0.5, 0.6) is 0 Å². The molecule has 0 aromatic carbocycles. The normalized spacial score (nSPS) is 14.0. The Morgan fingerprint density at radius 1 is 0.394 bits per heavy atom. The highest BCUT2D eigenvalue weighted by atomic mass is 16.9. The summed E-state index contributed by atoms with van der Waals surface area (Å²) in [7, 11) is 0. The molecule has 1 unspecified atom stereocenters. The molecule has 33 heavy (non-hydrogen) atoms. The van der Waals surface area contributed by atoms with Crippen molar-refractivity contribution in [2.75, 3.05) is 26.4 Å². The van der Waals surface area contributed by atoms with Crippen LogP contribution in [0.3, 0.4) is 0 Å². The summed E-state index contributed by atoms with van der Waals surface area (Å²) in [5, 5.41) is 0. The molecule has 0 fully saturated rings. The van der Waals surface area contributed by atoms with Gasteiger partial charge in [-0.15, -0.1) is 0 Å². The highest BCUT2D eigenvalue weighted by molar-refractivity contribution is 4.91. The first-order valence-electron chi connectivity index (χ1n) is 14.7. The van der Waals surface area contributed by atoms with Crippen molar-refractivity contribution in [3.05, 3.63) is 0 Å². The third kappa shape index (κ3) is 13.5. The first-order valence-corrected chi connectivity index (χ1v) is 14.7. The SMILES string of the molecule is CCCCCCCCCCOC(CCC)(CCCCCCCC)C(OCC)(OCC)OCC. The van der Waals surface area contributed by atoms with Crippen molar-refractivity contribution in [3.8, 4) is 0 Å². The maximum atomic E-state index is 6.79. The second kappa shape index (κ2) is 22.3. The topological polar surface area (TPSA) is 36.9 Å². The van der Waals surface area contributed by atoms with Gasteiger partial charge in [0, 0.05) is 26.4 Å². The number of ether oxygens (including phenoxy) is 4. The molecule has 0 aliphatic carbocycles. The van der Waals surface area contributed by atoms with Gasteiger partial charge < -0.3 is 18.9 Å². The second-order valence-electron chi connectivity index (χ2n) is 9.44. The zero-order valence-electron chi connectivity index (χ0n) is 23.5. The molecule has 0 amide bonds. The Labute approximate surface area is 207 Å². The molecule has 0 bridgehead atoms. The van der Waals surface area contributed by atoms with Crippen LogP contribution in [-0.2, 0) is 18.9 Å². The summed E-state index contributed by atoms with van der Waals surface area (Å²) in [6, 6.07) is 0. The van der Waals surface area contributed by atoms with Crippen molar-refractivity contribution in [1.82, 2.24) is 0 Å². The molecule has 0 heterocycles. The summed E-state index contributed by atoms with van der Waals surface area (Å²) in [4.78, 5) is 0. The standard InChI is InChI=1S/C29H60O4/c1-7-13-15-17-19-20-22-24-27-33-28(25-9-3,26-23-21-18-16-14-8-2)29(30-10-4,31-11-5)32-12-6/h7-27H2,1-6H3. The predicted octanol–water partition coefficient (Wildman–Crippen LogP) is 9.20. The lowest BCUT2D eigenvalue weighted by atomic mass is 9.87. The molecular formula is C29H60O4. The quantitative estimate of drug-likeness (QED) is 0.0928. The fourth-order valence-corrected chi connectivity index (χ4v) is 4.85. The van der Waals surface area contributed by atoms with Gasteiger partial charge in [0.15, 0.2) is 0 Å². The van der Waals surface area contributed by atoms with Crippen molar-refractivity contribution < 1.29 is 18.9 Å². The van der Waals surface area contributed by atoms with Crippen molar-refractivity contribution in [2.45, 2.75) is 162 Å². The van der Waals surface area contributed by atoms with Crippen LogP contribution >= 0.6 is 0 Å². The molecule has 0 radical (unpaired) electrons. The Hall–Kier alpha value is -0.160. The number of rotatable bonds is 26. The zero-order chi connectivity index (χ0) is 24.7. The van der Waals surface area contributed by atoms with Gasteiger partial charge in [-0.3, -0.25) is 0 Å². The summed E-state index contributed by atoms with van der Waals surface area (Å²) in [5.74, 6) is -1.12. The van der Waals surface area contributed by atoms with E-state index in [1.165, 1.54) is 77.0 Å². The minimum atomic E-state index is -1.12. The van der Waals surface area contributed by atoms with Gasteiger partial charge >= 0.3 is 5.97 Å². The van der Waals surface area contributed by atoms with Crippen molar-refractivity contribution >= 4 is 0 Å². The van der Waals surface area contributed by atoms with E-state index in [4.69, 9.17) is 18.9 Å². The molecule has 0 aromatic rings. The molecule has 4 nitrogen and oxygen atoms in total. The fourth-order valence-electron chi connectivity index (χ4n) is 4.85. The Morgan fingerprint density at radius 3 is 1.24 bits per heavy atom. The van der Waals surface area contributed by atoms with Crippen LogP contribution < -0.4 is 0 Å². The molecule has 0 N–H and O–H groups in total. The molecule has 200 valence electrons. The van der Waals surface area contributed by atoms with Crippen LogP contribution in [0.4, 0.5) is 0 Å². The number of hydrogen-bond acceptors (Lipinski definition) is 4. The van der Waals surface area contributed by atoms with Crippen LogP contribution in [0.1, 0.15) is 151 Å². The van der Waals surface area contributed by atoms with Crippen LogP contribution in [0, 0.1) is 0 Å². The van der Waals surface area contributed by atoms with E-state index in [9.17, 15) is 0 Å². The second-order valence-corrected chi connectivity index (χ2v) is 9.44. The minimum Gasteiger partial charge on any atom is -0.367 e. The summed E-state index contributed by atoms with van der Waals surface area (Å²) in [6.07, 6.45) is 20.8. The third-order valence-corrected chi connectivity index (χ3v) is 6.53. The average Bonchev–Trinajstić information content (AvgIpc) is 2.80. The lowest BCUT2D eigenvalue weighted by molar-refractivity contribution is -0.447. The Kier molecular flexibility index (Phi) is 22.2. The average molecular weight is 473 g/mol. The van der Waals surface area contributed by atoms with Crippen LogP contribution in [-0.4, -0.2) is 38.0 Å². The van der Waals surface area contributed by atoms with Crippen LogP contribution in [0.25, 0.3) is 0 Å². The van der Waals surface area contributed by atoms with Crippen LogP contribution in [0.2, 0.25) is 0 Å². The van der Waals surface area contributed by atoms with Gasteiger partial charge in [0.25, 0.3) is 0 Å². The molecule has 0 spiro atoms. The highest BCUT2D eigenvalue weighted by Crippen LogP contribution is 2.41. The van der Waals surface area contributed by atoms with Gasteiger partial charge in [-0.25, -0.2) is 0 Å². The minimum absolute atomic E-state index is 0.545. The van der Waals surface area contributed by atoms with Gasteiger partial charge in [0.1, 0.15) is 5.60 Å². The van der Waals surface area contributed by atoms with Crippen molar-refractivity contribution in [2.24, 2.45) is 0 Å². The van der Waals surface area contributed by atoms with Gasteiger partial charge in [-0.1, -0.05) is 111 Å². The van der Waals surface area contributed by atoms with E-state index in [0.29, 0.717) is 19.8 Å². The van der Waals surface area contributed by atoms with Crippen molar-refractivity contribution in [3.63, 3.8) is 0 Å². The largest absolute Gasteiger partial charge is 0.367 e. The Morgan fingerprint density at radius 2 is 0.818 bits per heavy atom.